The van der Waals surface area contributed by atoms with Crippen molar-refractivity contribution in [2.45, 2.75) is 6.18 Å². The Morgan fingerprint density at radius 3 is 2.56 bits per heavy atom. The summed E-state index contributed by atoms with van der Waals surface area (Å²) in [5.74, 6) is -0.629. The van der Waals surface area contributed by atoms with Gasteiger partial charge in [-0.2, -0.15) is 18.3 Å². The molecule has 0 saturated heterocycles. The molecule has 2 aromatic rings. The summed E-state index contributed by atoms with van der Waals surface area (Å²) in [4.78, 5) is 11.9. The first-order valence-corrected chi connectivity index (χ1v) is 4.91. The monoisotopic (exact) mass is 255 g/mol. The van der Waals surface area contributed by atoms with Gasteiger partial charge in [0.1, 0.15) is 5.69 Å². The third kappa shape index (κ3) is 2.06. The molecule has 0 atom stereocenters. The molecule has 0 bridgehead atoms. The zero-order valence-electron chi connectivity index (χ0n) is 8.95. The molecule has 0 amide bonds. The Morgan fingerprint density at radius 1 is 1.28 bits per heavy atom. The van der Waals surface area contributed by atoms with E-state index in [1.807, 2.05) is 0 Å². The maximum Gasteiger partial charge on any atom is 0.418 e. The quantitative estimate of drug-likeness (QED) is 0.638. The van der Waals surface area contributed by atoms with Gasteiger partial charge in [-0.15, -0.1) is 0 Å². The standard InChI is InChI=1S/C11H8F3N3O/c12-11(13,14)7-3-1-2-6(9(7)15)10(18)8-4-5-16-17-8/h1-5H,15H2,(H,16,17). The predicted molar refractivity (Wildman–Crippen MR) is 57.9 cm³/mol. The summed E-state index contributed by atoms with van der Waals surface area (Å²) >= 11 is 0. The van der Waals surface area contributed by atoms with Crippen LogP contribution >= 0.6 is 0 Å². The summed E-state index contributed by atoms with van der Waals surface area (Å²) < 4.78 is 37.9. The molecule has 2 rings (SSSR count). The highest BCUT2D eigenvalue weighted by Gasteiger charge is 2.34. The number of nitrogens with zero attached hydrogens (tertiary/aromatic N) is 1. The topological polar surface area (TPSA) is 71.8 Å². The van der Waals surface area contributed by atoms with Gasteiger partial charge in [0.05, 0.1) is 11.3 Å². The molecule has 18 heavy (non-hydrogen) atoms. The molecule has 0 radical (unpaired) electrons. The van der Waals surface area contributed by atoms with Gasteiger partial charge in [-0.25, -0.2) is 0 Å². The summed E-state index contributed by atoms with van der Waals surface area (Å²) in [6.45, 7) is 0. The van der Waals surface area contributed by atoms with Crippen molar-refractivity contribution in [1.82, 2.24) is 10.2 Å². The number of H-pyrrole nitrogens is 1. The average molecular weight is 255 g/mol. The molecule has 7 heteroatoms. The van der Waals surface area contributed by atoms with Crippen molar-refractivity contribution in [3.8, 4) is 0 Å². The van der Waals surface area contributed by atoms with E-state index in [0.717, 1.165) is 12.1 Å². The van der Waals surface area contributed by atoms with E-state index in [0.29, 0.717) is 0 Å². The van der Waals surface area contributed by atoms with Crippen molar-refractivity contribution in [1.29, 1.82) is 0 Å². The Morgan fingerprint density at radius 2 is 2.00 bits per heavy atom. The normalized spacial score (nSPS) is 11.5. The van der Waals surface area contributed by atoms with Gasteiger partial charge < -0.3 is 5.73 Å². The number of carbonyl (C=O) groups excluding carboxylic acids is 1. The van der Waals surface area contributed by atoms with Gasteiger partial charge in [0.25, 0.3) is 0 Å². The molecule has 0 saturated carbocycles. The lowest BCUT2D eigenvalue weighted by Gasteiger charge is -2.12. The highest BCUT2D eigenvalue weighted by atomic mass is 19.4. The number of carbonyl (C=O) groups is 1. The molecule has 3 N–H and O–H groups in total. The maximum atomic E-state index is 12.6. The second-order valence-electron chi connectivity index (χ2n) is 3.56. The summed E-state index contributed by atoms with van der Waals surface area (Å²) in [7, 11) is 0. The second-order valence-corrected chi connectivity index (χ2v) is 3.56. The number of ketones is 1. The summed E-state index contributed by atoms with van der Waals surface area (Å²) in [5.41, 5.74) is 3.69. The van der Waals surface area contributed by atoms with Crippen LogP contribution < -0.4 is 5.73 Å². The van der Waals surface area contributed by atoms with Gasteiger partial charge in [-0.05, 0) is 18.2 Å². The van der Waals surface area contributed by atoms with Gasteiger partial charge in [0.2, 0.25) is 5.78 Å². The molecule has 1 heterocycles. The molecule has 0 spiro atoms. The minimum atomic E-state index is -4.59. The van der Waals surface area contributed by atoms with Crippen LogP contribution in [0.4, 0.5) is 18.9 Å². The van der Waals surface area contributed by atoms with Crippen LogP contribution in [-0.4, -0.2) is 16.0 Å². The molecule has 0 aliphatic rings. The lowest BCUT2D eigenvalue weighted by molar-refractivity contribution is -0.136. The SMILES string of the molecule is Nc1c(C(=O)c2ccn[nH]2)cccc1C(F)(F)F. The average Bonchev–Trinajstić information content (AvgIpc) is 2.80. The number of aromatic nitrogens is 2. The summed E-state index contributed by atoms with van der Waals surface area (Å²) in [6, 6.07) is 4.58. The van der Waals surface area contributed by atoms with Crippen LogP contribution in [0, 0.1) is 0 Å². The fourth-order valence-corrected chi connectivity index (χ4v) is 1.54. The van der Waals surface area contributed by atoms with E-state index in [-0.39, 0.29) is 11.3 Å². The fraction of sp³-hybridized carbons (Fsp3) is 0.0909. The molecule has 0 fully saturated rings. The third-order valence-electron chi connectivity index (χ3n) is 2.40. The Labute approximate surface area is 99.6 Å². The van der Waals surface area contributed by atoms with Crippen LogP contribution in [0.2, 0.25) is 0 Å². The number of nitrogens with two attached hydrogens (primary N) is 1. The van der Waals surface area contributed by atoms with E-state index < -0.39 is 23.2 Å². The molecule has 0 aliphatic carbocycles. The van der Waals surface area contributed by atoms with E-state index >= 15 is 0 Å². The molecule has 94 valence electrons. The number of hydrogen-bond acceptors (Lipinski definition) is 3. The van der Waals surface area contributed by atoms with Crippen molar-refractivity contribution < 1.29 is 18.0 Å². The lowest BCUT2D eigenvalue weighted by atomic mass is 10.0. The third-order valence-corrected chi connectivity index (χ3v) is 2.40. The maximum absolute atomic E-state index is 12.6. The van der Waals surface area contributed by atoms with Crippen LogP contribution in [-0.2, 0) is 6.18 Å². The minimum absolute atomic E-state index is 0.0843. The molecular formula is C11H8F3N3O. The van der Waals surface area contributed by atoms with Gasteiger partial charge in [-0.1, -0.05) is 6.07 Å². The number of hydrogen-bond donors (Lipinski definition) is 2. The number of aromatic amines is 1. The van der Waals surface area contributed by atoms with Crippen LogP contribution in [0.3, 0.4) is 0 Å². The molecular weight excluding hydrogens is 247 g/mol. The number of para-hydroxylation sites is 1. The van der Waals surface area contributed by atoms with Gasteiger partial charge >= 0.3 is 6.18 Å². The second kappa shape index (κ2) is 4.17. The molecule has 1 aromatic carbocycles. The van der Waals surface area contributed by atoms with E-state index in [1.54, 1.807) is 0 Å². The van der Waals surface area contributed by atoms with Crippen molar-refractivity contribution in [2.24, 2.45) is 0 Å². The first kappa shape index (κ1) is 12.2. The number of nitrogen functional groups attached to an aromatic ring is 1. The highest BCUT2D eigenvalue weighted by molar-refractivity contribution is 6.11. The Hall–Kier alpha value is -2.31. The highest BCUT2D eigenvalue weighted by Crippen LogP contribution is 2.35. The zero-order valence-corrected chi connectivity index (χ0v) is 8.95. The van der Waals surface area contributed by atoms with E-state index in [9.17, 15) is 18.0 Å². The van der Waals surface area contributed by atoms with E-state index in [1.165, 1.54) is 18.3 Å². The Kier molecular flexibility index (Phi) is 2.82. The van der Waals surface area contributed by atoms with Crippen molar-refractivity contribution in [3.63, 3.8) is 0 Å². The number of alkyl halides is 3. The first-order valence-electron chi connectivity index (χ1n) is 4.91. The lowest BCUT2D eigenvalue weighted by Crippen LogP contribution is -2.13. The van der Waals surface area contributed by atoms with Gasteiger partial charge in [0.15, 0.2) is 0 Å². The fourth-order valence-electron chi connectivity index (χ4n) is 1.54. The van der Waals surface area contributed by atoms with Crippen molar-refractivity contribution in [2.75, 3.05) is 5.73 Å². The first-order chi connectivity index (χ1) is 8.41. The van der Waals surface area contributed by atoms with Crippen molar-refractivity contribution >= 4 is 11.5 Å². The van der Waals surface area contributed by atoms with Crippen LogP contribution in [0.1, 0.15) is 21.6 Å². The number of nitrogens with one attached hydrogen (secondary N) is 1. The van der Waals surface area contributed by atoms with Gasteiger partial charge in [0, 0.05) is 11.8 Å². The summed E-state index contributed by atoms with van der Waals surface area (Å²) in [5, 5.41) is 5.95. The Bertz CT molecular complexity index is 576. The van der Waals surface area contributed by atoms with Crippen LogP contribution in [0.5, 0.6) is 0 Å². The predicted octanol–water partition coefficient (Wildman–Crippen LogP) is 2.24. The van der Waals surface area contributed by atoms with Gasteiger partial charge in [-0.3, -0.25) is 9.89 Å². The van der Waals surface area contributed by atoms with E-state index in [4.69, 9.17) is 5.73 Å². The van der Waals surface area contributed by atoms with Crippen LogP contribution in [0.15, 0.2) is 30.5 Å². The number of halogens is 3. The minimum Gasteiger partial charge on any atom is -0.398 e. The summed E-state index contributed by atoms with van der Waals surface area (Å²) in [6.07, 6.45) is -3.26. The van der Waals surface area contributed by atoms with E-state index in [2.05, 4.69) is 10.2 Å². The number of rotatable bonds is 2. The Balaban J connectivity index is 2.50. The molecule has 0 unspecified atom stereocenters. The molecule has 4 nitrogen and oxygen atoms in total. The largest absolute Gasteiger partial charge is 0.418 e. The number of benzene rings is 1. The van der Waals surface area contributed by atoms with Crippen LogP contribution in [0.25, 0.3) is 0 Å². The molecule has 0 aliphatic heterocycles. The van der Waals surface area contributed by atoms with Crippen molar-refractivity contribution in [3.05, 3.63) is 47.3 Å². The smallest absolute Gasteiger partial charge is 0.398 e. The number of anilines is 1. The molecule has 1 aromatic heterocycles. The zero-order chi connectivity index (χ0) is 13.3.